The van der Waals surface area contributed by atoms with Crippen molar-refractivity contribution in [2.75, 3.05) is 4.90 Å². The number of rotatable bonds is 5. The van der Waals surface area contributed by atoms with Crippen molar-refractivity contribution in [3.05, 3.63) is 176 Å². The summed E-state index contributed by atoms with van der Waals surface area (Å²) in [4.78, 5) is 2.43. The van der Waals surface area contributed by atoms with Crippen LogP contribution in [0.1, 0.15) is 0 Å². The molecule has 0 saturated heterocycles. The Labute approximate surface area is 251 Å². The van der Waals surface area contributed by atoms with Crippen LogP contribution in [-0.2, 0) is 0 Å². The molecule has 0 saturated carbocycles. The zero-order valence-corrected chi connectivity index (χ0v) is 23.7. The fourth-order valence-corrected chi connectivity index (χ4v) is 6.29. The van der Waals surface area contributed by atoms with Gasteiger partial charge in [0.15, 0.2) is 0 Å². The molecule has 0 N–H and O–H groups in total. The Balaban J connectivity index is 1.42. The summed E-state index contributed by atoms with van der Waals surface area (Å²) < 4.78 is 0. The van der Waals surface area contributed by atoms with Crippen molar-refractivity contribution in [1.82, 2.24) is 0 Å². The number of fused-ring (bicyclic) bond motifs is 3. The van der Waals surface area contributed by atoms with E-state index in [1.807, 2.05) is 0 Å². The van der Waals surface area contributed by atoms with E-state index < -0.39 is 0 Å². The Morgan fingerprint density at radius 3 is 1.67 bits per heavy atom. The molecule has 8 aromatic rings. The molecule has 1 heteroatoms. The van der Waals surface area contributed by atoms with Crippen LogP contribution < -0.4 is 4.90 Å². The van der Waals surface area contributed by atoms with Gasteiger partial charge in [-0.3, -0.25) is 0 Å². The van der Waals surface area contributed by atoms with Gasteiger partial charge in [-0.25, -0.2) is 0 Å². The van der Waals surface area contributed by atoms with E-state index in [1.165, 1.54) is 54.6 Å². The summed E-state index contributed by atoms with van der Waals surface area (Å²) in [5.41, 5.74) is 8.22. The normalized spacial score (nSPS) is 11.3. The van der Waals surface area contributed by atoms with Crippen molar-refractivity contribution in [3.8, 4) is 22.3 Å². The Bertz CT molecular complexity index is 2250. The fraction of sp³-hybridized carbons (Fsp3) is 0. The summed E-state index contributed by atoms with van der Waals surface area (Å²) >= 11 is 0. The molecule has 0 aliphatic carbocycles. The van der Waals surface area contributed by atoms with E-state index in [2.05, 4.69) is 181 Å². The SMILES string of the molecule is c1ccc(-c2cccc(N(c3ccc4ccccc4c3)c3ccc4ccccc4c3-c3ccc4ccccc4c3)c2)cc1. The molecule has 0 heterocycles. The van der Waals surface area contributed by atoms with Crippen LogP contribution >= 0.6 is 0 Å². The van der Waals surface area contributed by atoms with Gasteiger partial charge in [-0.05, 0) is 85.4 Å². The highest BCUT2D eigenvalue weighted by molar-refractivity contribution is 6.07. The molecule has 0 radical (unpaired) electrons. The first-order chi connectivity index (χ1) is 21.3. The Kier molecular flexibility index (Phi) is 6.20. The largest absolute Gasteiger partial charge is 0.310 e. The zero-order chi connectivity index (χ0) is 28.6. The maximum Gasteiger partial charge on any atom is 0.0546 e. The van der Waals surface area contributed by atoms with Crippen LogP contribution in [0, 0.1) is 0 Å². The van der Waals surface area contributed by atoms with Crippen LogP contribution in [0.3, 0.4) is 0 Å². The summed E-state index contributed by atoms with van der Waals surface area (Å²) in [5, 5.41) is 7.40. The lowest BCUT2D eigenvalue weighted by Gasteiger charge is -2.29. The van der Waals surface area contributed by atoms with Crippen molar-refractivity contribution < 1.29 is 0 Å². The van der Waals surface area contributed by atoms with Gasteiger partial charge in [-0.15, -0.1) is 0 Å². The van der Waals surface area contributed by atoms with E-state index in [9.17, 15) is 0 Å². The number of hydrogen-bond acceptors (Lipinski definition) is 1. The topological polar surface area (TPSA) is 3.24 Å². The van der Waals surface area contributed by atoms with E-state index in [0.717, 1.165) is 17.1 Å². The van der Waals surface area contributed by atoms with Gasteiger partial charge in [0.1, 0.15) is 0 Å². The van der Waals surface area contributed by atoms with E-state index in [1.54, 1.807) is 0 Å². The van der Waals surface area contributed by atoms with E-state index in [-0.39, 0.29) is 0 Å². The summed E-state index contributed by atoms with van der Waals surface area (Å²) in [7, 11) is 0. The molecule has 8 aromatic carbocycles. The minimum absolute atomic E-state index is 1.12. The molecule has 0 aliphatic heterocycles. The summed E-state index contributed by atoms with van der Waals surface area (Å²) in [6.07, 6.45) is 0. The lowest BCUT2D eigenvalue weighted by Crippen LogP contribution is -2.11. The lowest BCUT2D eigenvalue weighted by atomic mass is 9.93. The monoisotopic (exact) mass is 547 g/mol. The van der Waals surface area contributed by atoms with Gasteiger partial charge < -0.3 is 4.90 Å². The molecule has 43 heavy (non-hydrogen) atoms. The Morgan fingerprint density at radius 2 is 0.884 bits per heavy atom. The molecule has 8 rings (SSSR count). The molecule has 1 nitrogen and oxygen atoms in total. The van der Waals surface area contributed by atoms with E-state index >= 15 is 0 Å². The molecule has 0 fully saturated rings. The Morgan fingerprint density at radius 1 is 0.302 bits per heavy atom. The van der Waals surface area contributed by atoms with Gasteiger partial charge in [0, 0.05) is 16.9 Å². The highest BCUT2D eigenvalue weighted by Crippen LogP contribution is 2.45. The molecule has 0 amide bonds. The zero-order valence-electron chi connectivity index (χ0n) is 23.7. The van der Waals surface area contributed by atoms with Gasteiger partial charge in [-0.1, -0.05) is 140 Å². The van der Waals surface area contributed by atoms with Crippen molar-refractivity contribution in [2.24, 2.45) is 0 Å². The number of hydrogen-bond donors (Lipinski definition) is 0. The van der Waals surface area contributed by atoms with Crippen LogP contribution in [-0.4, -0.2) is 0 Å². The highest BCUT2D eigenvalue weighted by atomic mass is 15.1. The molecule has 0 aliphatic rings. The third-order valence-electron chi connectivity index (χ3n) is 8.39. The predicted molar refractivity (Wildman–Crippen MR) is 185 cm³/mol. The molecule has 0 atom stereocenters. The first kappa shape index (κ1) is 25.1. The van der Waals surface area contributed by atoms with E-state index in [0.29, 0.717) is 0 Å². The van der Waals surface area contributed by atoms with Crippen molar-refractivity contribution in [3.63, 3.8) is 0 Å². The molecule has 0 unspecified atom stereocenters. The van der Waals surface area contributed by atoms with Crippen LogP contribution in [0.25, 0.3) is 54.6 Å². The second-order valence-corrected chi connectivity index (χ2v) is 11.0. The van der Waals surface area contributed by atoms with Gasteiger partial charge >= 0.3 is 0 Å². The van der Waals surface area contributed by atoms with Crippen molar-refractivity contribution >= 4 is 49.4 Å². The second-order valence-electron chi connectivity index (χ2n) is 11.0. The van der Waals surface area contributed by atoms with Gasteiger partial charge in [0.05, 0.1) is 5.69 Å². The average molecular weight is 548 g/mol. The first-order valence-corrected chi connectivity index (χ1v) is 14.8. The first-order valence-electron chi connectivity index (χ1n) is 14.8. The Hall–Kier alpha value is -5.66. The smallest absolute Gasteiger partial charge is 0.0546 e. The quantitative estimate of drug-likeness (QED) is 0.207. The van der Waals surface area contributed by atoms with Gasteiger partial charge in [-0.2, -0.15) is 0 Å². The predicted octanol–water partition coefficient (Wildman–Crippen LogP) is 11.9. The van der Waals surface area contributed by atoms with Crippen LogP contribution in [0.4, 0.5) is 17.1 Å². The molecular formula is C42H29N. The summed E-state index contributed by atoms with van der Waals surface area (Å²) in [6.45, 7) is 0. The highest BCUT2D eigenvalue weighted by Gasteiger charge is 2.20. The standard InChI is InChI=1S/C42H29N/c1-2-11-30(12-3-1)36-18-10-19-38(28-36)43(39-25-23-32-14-5-7-17-35(32)29-39)41-26-24-33-15-8-9-20-40(33)42(41)37-22-21-31-13-4-6-16-34(31)27-37/h1-29H. The van der Waals surface area contributed by atoms with Crippen LogP contribution in [0.2, 0.25) is 0 Å². The maximum absolute atomic E-state index is 2.43. The molecule has 0 bridgehead atoms. The fourth-order valence-electron chi connectivity index (χ4n) is 6.29. The second kappa shape index (κ2) is 10.6. The van der Waals surface area contributed by atoms with Crippen LogP contribution in [0.5, 0.6) is 0 Å². The van der Waals surface area contributed by atoms with Crippen molar-refractivity contribution in [2.45, 2.75) is 0 Å². The number of nitrogens with zero attached hydrogens (tertiary/aromatic N) is 1. The van der Waals surface area contributed by atoms with Gasteiger partial charge in [0.2, 0.25) is 0 Å². The minimum Gasteiger partial charge on any atom is -0.310 e. The molecule has 0 aromatic heterocycles. The van der Waals surface area contributed by atoms with E-state index in [4.69, 9.17) is 0 Å². The molecule has 202 valence electrons. The minimum atomic E-state index is 1.12. The third-order valence-corrected chi connectivity index (χ3v) is 8.39. The van der Waals surface area contributed by atoms with Crippen molar-refractivity contribution in [1.29, 1.82) is 0 Å². The average Bonchev–Trinajstić information content (AvgIpc) is 3.08. The number of anilines is 3. The number of benzene rings is 8. The van der Waals surface area contributed by atoms with Gasteiger partial charge in [0.25, 0.3) is 0 Å². The van der Waals surface area contributed by atoms with Crippen LogP contribution in [0.15, 0.2) is 176 Å². The summed E-state index contributed by atoms with van der Waals surface area (Å²) in [6, 6.07) is 63.6. The lowest BCUT2D eigenvalue weighted by molar-refractivity contribution is 1.29. The summed E-state index contributed by atoms with van der Waals surface area (Å²) in [5.74, 6) is 0. The molecular weight excluding hydrogens is 518 g/mol. The third kappa shape index (κ3) is 4.62. The maximum atomic E-state index is 2.43. The molecule has 0 spiro atoms.